The van der Waals surface area contributed by atoms with Crippen molar-refractivity contribution in [3.05, 3.63) is 41.3 Å². The van der Waals surface area contributed by atoms with Gasteiger partial charge in [-0.1, -0.05) is 36.3 Å². The molecule has 0 spiro atoms. The van der Waals surface area contributed by atoms with E-state index in [1.54, 1.807) is 4.52 Å². The van der Waals surface area contributed by atoms with Gasteiger partial charge in [-0.25, -0.2) is 4.98 Å². The number of rotatable bonds is 3. The van der Waals surface area contributed by atoms with Crippen molar-refractivity contribution in [2.75, 3.05) is 6.61 Å². The fraction of sp³-hybridized carbons (Fsp3) is 0.267. The van der Waals surface area contributed by atoms with Gasteiger partial charge >= 0.3 is 0 Å². The van der Waals surface area contributed by atoms with Crippen LogP contribution >= 0.6 is 0 Å². The van der Waals surface area contributed by atoms with Crippen LogP contribution in [0.2, 0.25) is 0 Å². The number of aryl methyl sites for hydroxylation is 1. The second kappa shape index (κ2) is 4.87. The van der Waals surface area contributed by atoms with Gasteiger partial charge in [0.1, 0.15) is 23.7 Å². The molecule has 2 aromatic heterocycles. The first-order valence-corrected chi connectivity index (χ1v) is 7.26. The number of aromatic nitrogens is 5. The lowest BCUT2D eigenvalue weighted by molar-refractivity contribution is 0.159. The van der Waals surface area contributed by atoms with Crippen LogP contribution in [0.15, 0.2) is 29.4 Å². The van der Waals surface area contributed by atoms with Gasteiger partial charge in [-0.05, 0) is 6.92 Å². The van der Waals surface area contributed by atoms with Gasteiger partial charge in [0.05, 0.1) is 0 Å². The van der Waals surface area contributed by atoms with Gasteiger partial charge in [0.15, 0.2) is 5.82 Å². The maximum atomic E-state index is 5.25. The van der Waals surface area contributed by atoms with Crippen LogP contribution in [-0.4, -0.2) is 37.1 Å². The molecule has 0 amide bonds. The van der Waals surface area contributed by atoms with Gasteiger partial charge in [-0.2, -0.15) is 9.61 Å². The van der Waals surface area contributed by atoms with Crippen LogP contribution in [0.5, 0.6) is 0 Å². The minimum atomic E-state index is 0.479. The van der Waals surface area contributed by atoms with E-state index in [4.69, 9.17) is 4.84 Å². The summed E-state index contributed by atoms with van der Waals surface area (Å²) in [5, 5.41) is 17.1. The van der Waals surface area contributed by atoms with Crippen LogP contribution in [0.25, 0.3) is 17.0 Å². The molecule has 0 bridgehead atoms. The maximum absolute atomic E-state index is 5.25. The van der Waals surface area contributed by atoms with Crippen molar-refractivity contribution in [2.45, 2.75) is 20.3 Å². The second-order valence-corrected chi connectivity index (χ2v) is 4.89. The molecule has 1 aliphatic carbocycles. The van der Waals surface area contributed by atoms with Gasteiger partial charge in [-0.15, -0.1) is 10.2 Å². The number of fused-ring (bicyclic) bond motifs is 4. The van der Waals surface area contributed by atoms with Gasteiger partial charge < -0.3 is 4.84 Å². The summed E-state index contributed by atoms with van der Waals surface area (Å²) >= 11 is 0. The Kier molecular flexibility index (Phi) is 2.85. The Morgan fingerprint density at radius 1 is 1.09 bits per heavy atom. The second-order valence-electron chi connectivity index (χ2n) is 4.89. The number of nitrogens with zero attached hydrogens (tertiary/aromatic N) is 6. The first kappa shape index (κ1) is 12.9. The Hall–Kier alpha value is -2.83. The zero-order valence-electron chi connectivity index (χ0n) is 12.3. The minimum absolute atomic E-state index is 0.479. The number of hydrogen-bond donors (Lipinski definition) is 0. The van der Waals surface area contributed by atoms with E-state index < -0.39 is 0 Å². The van der Waals surface area contributed by atoms with E-state index in [9.17, 15) is 0 Å². The highest BCUT2D eigenvalue weighted by Crippen LogP contribution is 2.34. The van der Waals surface area contributed by atoms with Crippen LogP contribution in [-0.2, 0) is 11.3 Å². The lowest BCUT2D eigenvalue weighted by Crippen LogP contribution is -2.07. The standard InChI is InChI=1S/C15H14N6O/c1-3-11-17-18-15-16-14-12(19-21(11)15)9-7-5-6-8-10(9)13(14)20-22-4-2/h5-8H,3-4H2,1-2H3. The van der Waals surface area contributed by atoms with Crippen LogP contribution in [0, 0.1) is 0 Å². The van der Waals surface area contributed by atoms with Crippen LogP contribution < -0.4 is 0 Å². The summed E-state index contributed by atoms with van der Waals surface area (Å²) in [7, 11) is 0. The number of oxime groups is 1. The molecule has 0 aliphatic heterocycles. The molecule has 7 heteroatoms. The van der Waals surface area contributed by atoms with Gasteiger partial charge in [0.25, 0.3) is 5.78 Å². The molecule has 110 valence electrons. The van der Waals surface area contributed by atoms with Gasteiger partial charge in [0, 0.05) is 17.5 Å². The zero-order chi connectivity index (χ0) is 15.1. The van der Waals surface area contributed by atoms with Crippen molar-refractivity contribution in [3.8, 4) is 11.3 Å². The Morgan fingerprint density at radius 3 is 2.68 bits per heavy atom. The molecule has 0 fully saturated rings. The molecular weight excluding hydrogens is 280 g/mol. The Morgan fingerprint density at radius 2 is 1.91 bits per heavy atom. The smallest absolute Gasteiger partial charge is 0.272 e. The molecule has 0 unspecified atom stereocenters. The first-order chi connectivity index (χ1) is 10.8. The van der Waals surface area contributed by atoms with Crippen LogP contribution in [0.4, 0.5) is 0 Å². The molecule has 0 radical (unpaired) electrons. The number of benzene rings is 1. The molecule has 3 aromatic rings. The van der Waals surface area contributed by atoms with E-state index in [0.29, 0.717) is 23.8 Å². The van der Waals surface area contributed by atoms with Crippen LogP contribution in [0.3, 0.4) is 0 Å². The minimum Gasteiger partial charge on any atom is -0.396 e. The van der Waals surface area contributed by atoms with Gasteiger partial charge in [0.2, 0.25) is 0 Å². The van der Waals surface area contributed by atoms with Crippen LogP contribution in [0.1, 0.15) is 30.9 Å². The SMILES string of the molecule is CCON=C1c2ccccc2-c2nn3c(CC)nnc3nc21. The monoisotopic (exact) mass is 294 g/mol. The van der Waals surface area contributed by atoms with E-state index in [1.165, 1.54) is 0 Å². The summed E-state index contributed by atoms with van der Waals surface area (Å²) in [6.45, 7) is 4.41. The molecule has 0 atom stereocenters. The highest BCUT2D eigenvalue weighted by Gasteiger charge is 2.30. The van der Waals surface area contributed by atoms with E-state index in [2.05, 4.69) is 25.4 Å². The lowest BCUT2D eigenvalue weighted by Gasteiger charge is -2.01. The zero-order valence-corrected chi connectivity index (χ0v) is 12.3. The molecule has 22 heavy (non-hydrogen) atoms. The third kappa shape index (κ3) is 1.71. The summed E-state index contributed by atoms with van der Waals surface area (Å²) in [4.78, 5) is 9.84. The van der Waals surface area contributed by atoms with E-state index >= 15 is 0 Å². The van der Waals surface area contributed by atoms with E-state index in [-0.39, 0.29) is 0 Å². The van der Waals surface area contributed by atoms with Crippen molar-refractivity contribution in [1.29, 1.82) is 0 Å². The third-order valence-corrected chi connectivity index (χ3v) is 3.59. The van der Waals surface area contributed by atoms with Crippen molar-refractivity contribution in [3.63, 3.8) is 0 Å². The normalized spacial score (nSPS) is 14.4. The molecule has 1 aromatic carbocycles. The predicted molar refractivity (Wildman–Crippen MR) is 80.7 cm³/mol. The summed E-state index contributed by atoms with van der Waals surface area (Å²) in [5.74, 6) is 1.27. The van der Waals surface area contributed by atoms with E-state index in [0.717, 1.165) is 29.1 Å². The van der Waals surface area contributed by atoms with Crippen molar-refractivity contribution in [1.82, 2.24) is 24.8 Å². The molecule has 0 saturated carbocycles. The Labute approximate surface area is 126 Å². The molecular formula is C15H14N6O. The summed E-state index contributed by atoms with van der Waals surface area (Å²) in [6, 6.07) is 7.96. The number of hydrogen-bond acceptors (Lipinski definition) is 6. The summed E-state index contributed by atoms with van der Waals surface area (Å²) in [5.41, 5.74) is 4.16. The predicted octanol–water partition coefficient (Wildman–Crippen LogP) is 1.85. The topological polar surface area (TPSA) is 77.6 Å². The molecule has 0 N–H and O–H groups in total. The van der Waals surface area contributed by atoms with Crippen molar-refractivity contribution < 1.29 is 4.84 Å². The fourth-order valence-electron chi connectivity index (χ4n) is 2.59. The van der Waals surface area contributed by atoms with E-state index in [1.807, 2.05) is 38.1 Å². The largest absolute Gasteiger partial charge is 0.396 e. The first-order valence-electron chi connectivity index (χ1n) is 7.26. The lowest BCUT2D eigenvalue weighted by atomic mass is 10.1. The Bertz CT molecular complexity index is 898. The average molecular weight is 294 g/mol. The summed E-state index contributed by atoms with van der Waals surface area (Å²) < 4.78 is 1.69. The van der Waals surface area contributed by atoms with Crippen molar-refractivity contribution >= 4 is 11.5 Å². The highest BCUT2D eigenvalue weighted by atomic mass is 16.6. The van der Waals surface area contributed by atoms with Crippen molar-refractivity contribution in [2.24, 2.45) is 5.16 Å². The molecule has 2 heterocycles. The average Bonchev–Trinajstić information content (AvgIpc) is 3.09. The third-order valence-electron chi connectivity index (χ3n) is 3.59. The Balaban J connectivity index is 2.02. The molecule has 7 nitrogen and oxygen atoms in total. The molecule has 0 saturated heterocycles. The fourth-order valence-corrected chi connectivity index (χ4v) is 2.59. The summed E-state index contributed by atoms with van der Waals surface area (Å²) in [6.07, 6.45) is 0.746. The maximum Gasteiger partial charge on any atom is 0.272 e. The molecule has 1 aliphatic rings. The highest BCUT2D eigenvalue weighted by molar-refractivity contribution is 6.22. The van der Waals surface area contributed by atoms with Gasteiger partial charge in [-0.3, -0.25) is 0 Å². The quantitative estimate of drug-likeness (QED) is 0.539. The molecule has 4 rings (SSSR count).